The Bertz CT molecular complexity index is 261. The first-order chi connectivity index (χ1) is 6.76. The van der Waals surface area contributed by atoms with E-state index < -0.39 is 17.5 Å². The quantitative estimate of drug-likeness (QED) is 0.600. The van der Waals surface area contributed by atoms with Crippen LogP contribution in [0.1, 0.15) is 27.2 Å². The summed E-state index contributed by atoms with van der Waals surface area (Å²) < 4.78 is 0. The molecule has 86 valence electrons. The molecule has 0 aromatic heterocycles. The monoisotopic (exact) mass is 214 g/mol. The molecule has 0 heterocycles. The Balaban J connectivity index is 4.15. The number of carboxylic acid groups (broad SMARTS) is 1. The fraction of sp³-hybridized carbons (Fsp3) is 0.600. The van der Waals surface area contributed by atoms with Gasteiger partial charge in [0.1, 0.15) is 0 Å². The molecule has 0 saturated carbocycles. The molecule has 0 saturated heterocycles. The summed E-state index contributed by atoms with van der Waals surface area (Å²) in [6.45, 7) is 8.60. The van der Waals surface area contributed by atoms with E-state index in [1.54, 1.807) is 26.8 Å². The van der Waals surface area contributed by atoms with Gasteiger partial charge in [-0.15, -0.1) is 6.58 Å². The van der Waals surface area contributed by atoms with E-state index in [1.165, 1.54) is 0 Å². The molecule has 1 atom stereocenters. The van der Waals surface area contributed by atoms with Gasteiger partial charge in [0.2, 0.25) is 0 Å². The van der Waals surface area contributed by atoms with Crippen LogP contribution in [-0.2, 0) is 4.79 Å². The fourth-order valence-corrected chi connectivity index (χ4v) is 1.03. The lowest BCUT2D eigenvalue weighted by atomic mass is 10.0. The minimum absolute atomic E-state index is 0.122. The molecule has 5 nitrogen and oxygen atoms in total. The second-order valence-corrected chi connectivity index (χ2v) is 4.08. The normalized spacial score (nSPS) is 12.7. The van der Waals surface area contributed by atoms with Crippen molar-refractivity contribution in [2.75, 3.05) is 0 Å². The Labute approximate surface area is 89.6 Å². The van der Waals surface area contributed by atoms with E-state index in [-0.39, 0.29) is 12.5 Å². The highest BCUT2D eigenvalue weighted by atomic mass is 16.4. The number of rotatable bonds is 5. The van der Waals surface area contributed by atoms with Crippen molar-refractivity contribution in [3.05, 3.63) is 12.7 Å². The topological polar surface area (TPSA) is 78.4 Å². The van der Waals surface area contributed by atoms with E-state index in [4.69, 9.17) is 5.11 Å². The van der Waals surface area contributed by atoms with Gasteiger partial charge < -0.3 is 15.7 Å². The maximum Gasteiger partial charge on any atom is 0.315 e. The molecule has 0 radical (unpaired) electrons. The van der Waals surface area contributed by atoms with Crippen molar-refractivity contribution >= 4 is 12.0 Å². The average Bonchev–Trinajstić information content (AvgIpc) is 1.99. The minimum Gasteiger partial charge on any atom is -0.481 e. The fourth-order valence-electron chi connectivity index (χ4n) is 1.03. The van der Waals surface area contributed by atoms with Crippen LogP contribution >= 0.6 is 0 Å². The summed E-state index contributed by atoms with van der Waals surface area (Å²) in [5.41, 5.74) is -0.767. The molecular weight excluding hydrogens is 196 g/mol. The van der Waals surface area contributed by atoms with Crippen molar-refractivity contribution in [2.24, 2.45) is 0 Å². The molecule has 1 unspecified atom stereocenters. The zero-order chi connectivity index (χ0) is 12.1. The van der Waals surface area contributed by atoms with Crippen molar-refractivity contribution in [1.82, 2.24) is 10.6 Å². The lowest BCUT2D eigenvalue weighted by molar-refractivity contribution is -0.138. The van der Waals surface area contributed by atoms with Crippen LogP contribution in [0, 0.1) is 0 Å². The number of urea groups is 1. The second kappa shape index (κ2) is 5.38. The van der Waals surface area contributed by atoms with E-state index in [1.807, 2.05) is 0 Å². The van der Waals surface area contributed by atoms with Gasteiger partial charge in [0.25, 0.3) is 0 Å². The summed E-state index contributed by atoms with van der Waals surface area (Å²) >= 11 is 0. The zero-order valence-corrected chi connectivity index (χ0v) is 9.33. The average molecular weight is 214 g/mol. The van der Waals surface area contributed by atoms with Crippen molar-refractivity contribution in [2.45, 2.75) is 38.8 Å². The molecular formula is C10H18N2O3. The first-order valence-corrected chi connectivity index (χ1v) is 4.70. The molecule has 0 aromatic carbocycles. The van der Waals surface area contributed by atoms with Gasteiger partial charge in [-0.05, 0) is 20.8 Å². The van der Waals surface area contributed by atoms with Gasteiger partial charge in [0.05, 0.1) is 6.42 Å². The van der Waals surface area contributed by atoms with Crippen LogP contribution in [0.15, 0.2) is 12.7 Å². The molecule has 0 aliphatic heterocycles. The molecule has 0 rings (SSSR count). The molecule has 0 aliphatic rings. The lowest BCUT2D eigenvalue weighted by Crippen LogP contribution is -2.51. The van der Waals surface area contributed by atoms with E-state index in [2.05, 4.69) is 17.2 Å². The van der Waals surface area contributed by atoms with Gasteiger partial charge in [-0.1, -0.05) is 6.08 Å². The summed E-state index contributed by atoms with van der Waals surface area (Å²) in [5, 5.41) is 13.8. The minimum atomic E-state index is -0.947. The summed E-state index contributed by atoms with van der Waals surface area (Å²) in [7, 11) is 0. The van der Waals surface area contributed by atoms with Crippen molar-refractivity contribution in [3.8, 4) is 0 Å². The van der Waals surface area contributed by atoms with Crippen LogP contribution < -0.4 is 10.6 Å². The number of aliphatic carboxylic acids is 1. The number of carbonyl (C=O) groups excluding carboxylic acids is 1. The van der Waals surface area contributed by atoms with Crippen LogP contribution in [-0.4, -0.2) is 28.7 Å². The van der Waals surface area contributed by atoms with Gasteiger partial charge >= 0.3 is 12.0 Å². The first-order valence-electron chi connectivity index (χ1n) is 4.70. The van der Waals surface area contributed by atoms with Crippen LogP contribution in [0.5, 0.6) is 0 Å². The van der Waals surface area contributed by atoms with Gasteiger partial charge in [-0.3, -0.25) is 4.79 Å². The predicted octanol–water partition coefficient (Wildman–Crippen LogP) is 1.11. The molecule has 15 heavy (non-hydrogen) atoms. The summed E-state index contributed by atoms with van der Waals surface area (Å²) in [5.74, 6) is -0.947. The summed E-state index contributed by atoms with van der Waals surface area (Å²) in [6, 6.07) is -0.542. The molecule has 2 amide bonds. The predicted molar refractivity (Wildman–Crippen MR) is 57.7 cm³/mol. The number of hydrogen-bond acceptors (Lipinski definition) is 2. The smallest absolute Gasteiger partial charge is 0.315 e. The van der Waals surface area contributed by atoms with Crippen LogP contribution in [0.4, 0.5) is 4.79 Å². The zero-order valence-electron chi connectivity index (χ0n) is 9.33. The lowest BCUT2D eigenvalue weighted by Gasteiger charge is -2.25. The van der Waals surface area contributed by atoms with E-state index in [0.717, 1.165) is 0 Å². The summed E-state index contributed by atoms with van der Waals surface area (Å²) in [4.78, 5) is 21.8. The first kappa shape index (κ1) is 13.5. The molecule has 0 aromatic rings. The van der Waals surface area contributed by atoms with Crippen molar-refractivity contribution in [1.29, 1.82) is 0 Å². The maximum atomic E-state index is 11.3. The molecule has 5 heteroatoms. The summed E-state index contributed by atoms with van der Waals surface area (Å²) in [6.07, 6.45) is 1.46. The Kier molecular flexibility index (Phi) is 4.84. The Morgan fingerprint density at radius 2 is 2.07 bits per heavy atom. The highest BCUT2D eigenvalue weighted by Gasteiger charge is 2.23. The van der Waals surface area contributed by atoms with Gasteiger partial charge in [0.15, 0.2) is 0 Å². The van der Waals surface area contributed by atoms with Gasteiger partial charge in [0, 0.05) is 11.6 Å². The number of carboxylic acids is 1. The van der Waals surface area contributed by atoms with Crippen molar-refractivity contribution < 1.29 is 14.7 Å². The number of amides is 2. The van der Waals surface area contributed by atoms with E-state index >= 15 is 0 Å². The Hall–Kier alpha value is -1.52. The maximum absolute atomic E-state index is 11.3. The third-order valence-corrected chi connectivity index (χ3v) is 1.76. The third-order valence-electron chi connectivity index (χ3n) is 1.76. The van der Waals surface area contributed by atoms with E-state index in [0.29, 0.717) is 0 Å². The number of carbonyl (C=O) groups is 2. The standard InChI is InChI=1S/C10H18N2O3/c1-5-7(2)11-9(15)12-10(3,4)6-8(13)14/h5,7H,1,6H2,2-4H3,(H,13,14)(H2,11,12,15). The third kappa shape index (κ3) is 6.54. The highest BCUT2D eigenvalue weighted by molar-refractivity contribution is 5.76. The number of nitrogens with one attached hydrogen (secondary N) is 2. The van der Waals surface area contributed by atoms with Gasteiger partial charge in [-0.2, -0.15) is 0 Å². The van der Waals surface area contributed by atoms with Crippen LogP contribution in [0.3, 0.4) is 0 Å². The SMILES string of the molecule is C=CC(C)NC(=O)NC(C)(C)CC(=O)O. The molecule has 0 bridgehead atoms. The Morgan fingerprint density at radius 1 is 1.53 bits per heavy atom. The van der Waals surface area contributed by atoms with Gasteiger partial charge in [-0.25, -0.2) is 4.79 Å². The van der Waals surface area contributed by atoms with Crippen LogP contribution in [0.25, 0.3) is 0 Å². The van der Waals surface area contributed by atoms with E-state index in [9.17, 15) is 9.59 Å². The number of hydrogen-bond donors (Lipinski definition) is 3. The molecule has 3 N–H and O–H groups in total. The van der Waals surface area contributed by atoms with Crippen molar-refractivity contribution in [3.63, 3.8) is 0 Å². The highest BCUT2D eigenvalue weighted by Crippen LogP contribution is 2.07. The largest absolute Gasteiger partial charge is 0.481 e. The Morgan fingerprint density at radius 3 is 2.47 bits per heavy atom. The molecule has 0 aliphatic carbocycles. The molecule has 0 fully saturated rings. The second-order valence-electron chi connectivity index (χ2n) is 4.08. The van der Waals surface area contributed by atoms with Crippen LogP contribution in [0.2, 0.25) is 0 Å². The molecule has 0 spiro atoms.